The maximum absolute atomic E-state index is 12.8. The summed E-state index contributed by atoms with van der Waals surface area (Å²) in [5, 5.41) is 11.1. The van der Waals surface area contributed by atoms with Crippen LogP contribution < -0.4 is 10.6 Å². The Labute approximate surface area is 142 Å². The van der Waals surface area contributed by atoms with Gasteiger partial charge >= 0.3 is 0 Å². The Morgan fingerprint density at radius 2 is 2.17 bits per heavy atom. The van der Waals surface area contributed by atoms with E-state index in [-0.39, 0.29) is 11.3 Å². The second-order valence-electron chi connectivity index (χ2n) is 6.88. The lowest BCUT2D eigenvalue weighted by atomic mass is 9.81. The molecule has 1 saturated heterocycles. The third-order valence-corrected chi connectivity index (χ3v) is 5.59. The lowest BCUT2D eigenvalue weighted by molar-refractivity contribution is -0.130. The van der Waals surface area contributed by atoms with Crippen LogP contribution in [-0.4, -0.2) is 34.8 Å². The van der Waals surface area contributed by atoms with Crippen molar-refractivity contribution < 1.29 is 4.79 Å². The van der Waals surface area contributed by atoms with Crippen LogP contribution in [0.25, 0.3) is 5.69 Å². The summed E-state index contributed by atoms with van der Waals surface area (Å²) in [6.45, 7) is 1.63. The SMILES string of the molecule is O=C(NCCc1ccnn1-c1ccccc1)[C@]12CCC[C@H]1NCC2. The zero-order valence-electron chi connectivity index (χ0n) is 13.9. The minimum Gasteiger partial charge on any atom is -0.355 e. The van der Waals surface area contributed by atoms with E-state index in [4.69, 9.17) is 0 Å². The van der Waals surface area contributed by atoms with Crippen molar-refractivity contribution in [3.05, 3.63) is 48.3 Å². The predicted octanol–water partition coefficient (Wildman–Crippen LogP) is 2.06. The van der Waals surface area contributed by atoms with Crippen LogP contribution in [0.5, 0.6) is 0 Å². The van der Waals surface area contributed by atoms with Crippen LogP contribution in [0, 0.1) is 5.41 Å². The van der Waals surface area contributed by atoms with Crippen molar-refractivity contribution in [3.8, 4) is 5.69 Å². The fourth-order valence-corrected chi connectivity index (χ4v) is 4.33. The molecule has 0 spiro atoms. The Hall–Kier alpha value is -2.14. The summed E-state index contributed by atoms with van der Waals surface area (Å²) in [6, 6.07) is 12.5. The highest BCUT2D eigenvalue weighted by atomic mass is 16.2. The predicted molar refractivity (Wildman–Crippen MR) is 93.0 cm³/mol. The fourth-order valence-electron chi connectivity index (χ4n) is 4.33. The molecular formula is C19H24N4O. The summed E-state index contributed by atoms with van der Waals surface area (Å²) in [6.07, 6.45) is 6.90. The Balaban J connectivity index is 1.39. The minimum absolute atomic E-state index is 0.153. The van der Waals surface area contributed by atoms with Crippen LogP contribution in [0.2, 0.25) is 0 Å². The van der Waals surface area contributed by atoms with Crippen molar-refractivity contribution in [2.24, 2.45) is 5.41 Å². The molecule has 1 aliphatic heterocycles. The summed E-state index contributed by atoms with van der Waals surface area (Å²) in [5.74, 6) is 0.237. The van der Waals surface area contributed by atoms with Gasteiger partial charge in [0.25, 0.3) is 0 Å². The molecule has 0 bridgehead atoms. The van der Waals surface area contributed by atoms with Crippen molar-refractivity contribution in [2.75, 3.05) is 13.1 Å². The Bertz CT molecular complexity index is 699. The first-order valence-corrected chi connectivity index (χ1v) is 8.90. The molecule has 2 aliphatic rings. The van der Waals surface area contributed by atoms with Gasteiger partial charge in [-0.15, -0.1) is 0 Å². The average Bonchev–Trinajstić information content (AvgIpc) is 3.31. The van der Waals surface area contributed by atoms with Crippen LogP contribution in [0.1, 0.15) is 31.4 Å². The van der Waals surface area contributed by atoms with E-state index in [0.717, 1.165) is 50.0 Å². The Morgan fingerprint density at radius 1 is 1.29 bits per heavy atom. The molecule has 4 rings (SSSR count). The first-order valence-electron chi connectivity index (χ1n) is 8.90. The molecular weight excluding hydrogens is 300 g/mol. The number of aromatic nitrogens is 2. The van der Waals surface area contributed by atoms with E-state index in [1.54, 1.807) is 0 Å². The molecule has 2 heterocycles. The van der Waals surface area contributed by atoms with E-state index < -0.39 is 0 Å². The number of carbonyl (C=O) groups is 1. The van der Waals surface area contributed by atoms with Crippen molar-refractivity contribution >= 4 is 5.91 Å². The monoisotopic (exact) mass is 324 g/mol. The summed E-state index contributed by atoms with van der Waals surface area (Å²) in [4.78, 5) is 12.8. The number of benzene rings is 1. The van der Waals surface area contributed by atoms with Crippen molar-refractivity contribution in [1.29, 1.82) is 0 Å². The molecule has 2 N–H and O–H groups in total. The number of rotatable bonds is 5. The maximum Gasteiger partial charge on any atom is 0.227 e. The quantitative estimate of drug-likeness (QED) is 0.885. The van der Waals surface area contributed by atoms with Gasteiger partial charge in [-0.25, -0.2) is 4.68 Å². The third-order valence-electron chi connectivity index (χ3n) is 5.59. The van der Waals surface area contributed by atoms with E-state index in [2.05, 4.69) is 15.7 Å². The lowest BCUT2D eigenvalue weighted by Gasteiger charge is -2.27. The van der Waals surface area contributed by atoms with Gasteiger partial charge in [0.1, 0.15) is 0 Å². The van der Waals surface area contributed by atoms with Crippen LogP contribution >= 0.6 is 0 Å². The van der Waals surface area contributed by atoms with Crippen LogP contribution in [0.4, 0.5) is 0 Å². The van der Waals surface area contributed by atoms with Gasteiger partial charge in [0.15, 0.2) is 0 Å². The second-order valence-corrected chi connectivity index (χ2v) is 6.88. The number of hydrogen-bond acceptors (Lipinski definition) is 3. The molecule has 0 unspecified atom stereocenters. The van der Waals surface area contributed by atoms with Crippen molar-refractivity contribution in [3.63, 3.8) is 0 Å². The van der Waals surface area contributed by atoms with Gasteiger partial charge in [-0.05, 0) is 44.0 Å². The van der Waals surface area contributed by atoms with E-state index in [9.17, 15) is 4.79 Å². The smallest absolute Gasteiger partial charge is 0.227 e. The van der Waals surface area contributed by atoms with E-state index in [0.29, 0.717) is 12.6 Å². The van der Waals surface area contributed by atoms with Gasteiger partial charge < -0.3 is 10.6 Å². The minimum atomic E-state index is -0.153. The molecule has 1 aliphatic carbocycles. The summed E-state index contributed by atoms with van der Waals surface area (Å²) < 4.78 is 1.94. The average molecular weight is 324 g/mol. The Morgan fingerprint density at radius 3 is 3.04 bits per heavy atom. The van der Waals surface area contributed by atoms with E-state index in [1.165, 1.54) is 0 Å². The van der Waals surface area contributed by atoms with Gasteiger partial charge in [0.05, 0.1) is 11.1 Å². The van der Waals surface area contributed by atoms with E-state index in [1.807, 2.05) is 47.3 Å². The summed E-state index contributed by atoms with van der Waals surface area (Å²) in [5.41, 5.74) is 2.02. The third kappa shape index (κ3) is 2.63. The number of amides is 1. The number of fused-ring (bicyclic) bond motifs is 1. The Kier molecular flexibility index (Phi) is 4.10. The molecule has 1 amide bonds. The molecule has 24 heavy (non-hydrogen) atoms. The maximum atomic E-state index is 12.8. The van der Waals surface area contributed by atoms with Gasteiger partial charge in [0, 0.05) is 30.9 Å². The number of carbonyl (C=O) groups excluding carboxylic acids is 1. The molecule has 1 saturated carbocycles. The molecule has 1 aromatic carbocycles. The molecule has 2 aromatic rings. The second kappa shape index (κ2) is 6.40. The molecule has 126 valence electrons. The van der Waals surface area contributed by atoms with Crippen LogP contribution in [-0.2, 0) is 11.2 Å². The molecule has 5 heteroatoms. The van der Waals surface area contributed by atoms with Gasteiger partial charge in [0.2, 0.25) is 5.91 Å². The lowest BCUT2D eigenvalue weighted by Crippen LogP contribution is -2.46. The highest BCUT2D eigenvalue weighted by Crippen LogP contribution is 2.44. The molecule has 2 fully saturated rings. The molecule has 1 aromatic heterocycles. The number of hydrogen-bond donors (Lipinski definition) is 2. The van der Waals surface area contributed by atoms with Crippen LogP contribution in [0.3, 0.4) is 0 Å². The first kappa shape index (κ1) is 15.4. The van der Waals surface area contributed by atoms with Gasteiger partial charge in [-0.2, -0.15) is 5.10 Å². The molecule has 5 nitrogen and oxygen atoms in total. The van der Waals surface area contributed by atoms with Crippen LogP contribution in [0.15, 0.2) is 42.6 Å². The fraction of sp³-hybridized carbons (Fsp3) is 0.474. The van der Waals surface area contributed by atoms with Gasteiger partial charge in [-0.1, -0.05) is 24.6 Å². The zero-order valence-corrected chi connectivity index (χ0v) is 13.9. The topological polar surface area (TPSA) is 59.0 Å². The summed E-state index contributed by atoms with van der Waals surface area (Å²) >= 11 is 0. The molecule has 0 radical (unpaired) electrons. The standard InChI is InChI=1S/C19H24N4O/c24-18(19-10-4-7-17(19)20-14-11-19)21-12-8-16-9-13-22-23(16)15-5-2-1-3-6-15/h1-3,5-6,9,13,17,20H,4,7-8,10-12,14H2,(H,21,24)/t17-,19+/m1/s1. The normalized spacial score (nSPS) is 25.6. The van der Waals surface area contributed by atoms with Crippen molar-refractivity contribution in [2.45, 2.75) is 38.1 Å². The highest BCUT2D eigenvalue weighted by Gasteiger charge is 2.51. The zero-order chi connectivity index (χ0) is 16.4. The summed E-state index contributed by atoms with van der Waals surface area (Å²) in [7, 11) is 0. The van der Waals surface area contributed by atoms with Gasteiger partial charge in [-0.3, -0.25) is 4.79 Å². The first-order chi connectivity index (χ1) is 11.8. The number of para-hydroxylation sites is 1. The number of nitrogens with one attached hydrogen (secondary N) is 2. The molecule has 2 atom stereocenters. The van der Waals surface area contributed by atoms with E-state index >= 15 is 0 Å². The largest absolute Gasteiger partial charge is 0.355 e. The van der Waals surface area contributed by atoms with Crippen molar-refractivity contribution in [1.82, 2.24) is 20.4 Å². The number of nitrogens with zero attached hydrogens (tertiary/aromatic N) is 2. The highest BCUT2D eigenvalue weighted by molar-refractivity contribution is 5.84.